The highest BCUT2D eigenvalue weighted by Gasteiger charge is 2.20. The number of fused-ring (bicyclic) bond motifs is 1. The number of aromatic amines is 1. The van der Waals surface area contributed by atoms with Crippen LogP contribution in [-0.2, 0) is 6.42 Å². The highest BCUT2D eigenvalue weighted by atomic mass is 79.9. The highest BCUT2D eigenvalue weighted by Crippen LogP contribution is 2.28. The maximum atomic E-state index is 13.3. The van der Waals surface area contributed by atoms with Gasteiger partial charge < -0.3 is 10.3 Å². The van der Waals surface area contributed by atoms with Crippen molar-refractivity contribution < 1.29 is 9.18 Å². The van der Waals surface area contributed by atoms with E-state index in [-0.39, 0.29) is 11.7 Å². The third kappa shape index (κ3) is 2.60. The summed E-state index contributed by atoms with van der Waals surface area (Å²) in [5, 5.41) is 2.82. The first-order valence-electron chi connectivity index (χ1n) is 7.41. The molecule has 24 heavy (non-hydrogen) atoms. The van der Waals surface area contributed by atoms with Crippen molar-refractivity contribution >= 4 is 21.8 Å². The van der Waals surface area contributed by atoms with Crippen molar-refractivity contribution in [3.05, 3.63) is 58.1 Å². The first-order valence-corrected chi connectivity index (χ1v) is 8.20. The molecular weight excluding hydrogens is 375 g/mol. The zero-order valence-electron chi connectivity index (χ0n) is 12.4. The molecule has 0 aliphatic carbocycles. The number of hydrogen-bond donors (Lipinski definition) is 2. The van der Waals surface area contributed by atoms with Gasteiger partial charge in [-0.3, -0.25) is 4.79 Å². The Morgan fingerprint density at radius 3 is 2.83 bits per heavy atom. The van der Waals surface area contributed by atoms with E-state index in [0.29, 0.717) is 33.7 Å². The van der Waals surface area contributed by atoms with E-state index in [1.807, 2.05) is 0 Å². The smallest absolute Gasteiger partial charge is 0.253 e. The van der Waals surface area contributed by atoms with E-state index >= 15 is 0 Å². The van der Waals surface area contributed by atoms with Crippen LogP contribution in [0.5, 0.6) is 0 Å². The average molecular weight is 387 g/mol. The van der Waals surface area contributed by atoms with Gasteiger partial charge in [-0.25, -0.2) is 14.4 Å². The Kier molecular flexibility index (Phi) is 3.65. The molecule has 1 amide bonds. The fourth-order valence-electron chi connectivity index (χ4n) is 2.74. The summed E-state index contributed by atoms with van der Waals surface area (Å²) in [5.41, 5.74) is 3.71. The fraction of sp³-hybridized carbons (Fsp3) is 0.118. The number of hydrogen-bond acceptors (Lipinski definition) is 3. The molecule has 2 aromatic heterocycles. The van der Waals surface area contributed by atoms with Crippen LogP contribution in [0.3, 0.4) is 0 Å². The summed E-state index contributed by atoms with van der Waals surface area (Å²) < 4.78 is 13.8. The lowest BCUT2D eigenvalue weighted by Crippen LogP contribution is -2.31. The monoisotopic (exact) mass is 386 g/mol. The topological polar surface area (TPSA) is 70.7 Å². The largest absolute Gasteiger partial charge is 0.356 e. The Bertz CT molecular complexity index is 954. The Labute approximate surface area is 145 Å². The molecule has 1 aromatic carbocycles. The van der Waals surface area contributed by atoms with E-state index in [9.17, 15) is 9.18 Å². The first-order chi connectivity index (χ1) is 11.6. The number of nitrogens with one attached hydrogen (secondary N) is 2. The molecule has 0 bridgehead atoms. The summed E-state index contributed by atoms with van der Waals surface area (Å²) in [6.07, 6.45) is 2.41. The Morgan fingerprint density at radius 1 is 1.17 bits per heavy atom. The molecule has 5 nitrogen and oxygen atoms in total. The molecule has 0 spiro atoms. The molecule has 0 fully saturated rings. The number of rotatable bonds is 2. The number of halogens is 2. The zero-order valence-corrected chi connectivity index (χ0v) is 14.0. The van der Waals surface area contributed by atoms with Crippen molar-refractivity contribution in [3.8, 4) is 22.8 Å². The number of H-pyrrole nitrogens is 1. The average Bonchev–Trinajstić information content (AvgIpc) is 3.01. The van der Waals surface area contributed by atoms with Crippen molar-refractivity contribution in [2.75, 3.05) is 6.54 Å². The van der Waals surface area contributed by atoms with Gasteiger partial charge in [-0.1, -0.05) is 0 Å². The van der Waals surface area contributed by atoms with Crippen LogP contribution in [0, 0.1) is 5.82 Å². The molecule has 4 rings (SSSR count). The maximum Gasteiger partial charge on any atom is 0.253 e. The van der Waals surface area contributed by atoms with Crippen LogP contribution in [0.2, 0.25) is 0 Å². The predicted octanol–water partition coefficient (Wildman–Crippen LogP) is 3.33. The fourth-order valence-corrected chi connectivity index (χ4v) is 3.27. The van der Waals surface area contributed by atoms with Gasteiger partial charge in [0.15, 0.2) is 5.82 Å². The molecule has 1 aliphatic heterocycles. The van der Waals surface area contributed by atoms with Gasteiger partial charge in [0.2, 0.25) is 0 Å². The maximum absolute atomic E-state index is 13.3. The molecular formula is C17H12BrFN4O. The minimum atomic E-state index is -0.329. The Hall–Kier alpha value is -2.54. The van der Waals surface area contributed by atoms with Gasteiger partial charge in [0.1, 0.15) is 5.82 Å². The van der Waals surface area contributed by atoms with Gasteiger partial charge in [-0.05, 0) is 46.3 Å². The lowest BCUT2D eigenvalue weighted by Gasteiger charge is -2.10. The number of carbonyl (C=O) groups is 1. The third-order valence-corrected chi connectivity index (χ3v) is 4.56. The van der Waals surface area contributed by atoms with Gasteiger partial charge in [0, 0.05) is 34.9 Å². The van der Waals surface area contributed by atoms with Crippen molar-refractivity contribution in [2.45, 2.75) is 6.42 Å². The normalized spacial score (nSPS) is 13.5. The molecule has 120 valence electrons. The molecule has 0 saturated carbocycles. The molecule has 0 saturated heterocycles. The summed E-state index contributed by atoms with van der Waals surface area (Å²) in [5.74, 6) is 0.0792. The van der Waals surface area contributed by atoms with Crippen LogP contribution in [-0.4, -0.2) is 27.4 Å². The van der Waals surface area contributed by atoms with Gasteiger partial charge in [0.25, 0.3) is 5.91 Å². The van der Waals surface area contributed by atoms with E-state index in [0.717, 1.165) is 17.8 Å². The number of aromatic nitrogens is 3. The number of benzene rings is 1. The minimum Gasteiger partial charge on any atom is -0.356 e. The van der Waals surface area contributed by atoms with E-state index in [1.54, 1.807) is 24.4 Å². The highest BCUT2D eigenvalue weighted by molar-refractivity contribution is 9.10. The molecule has 7 heteroatoms. The van der Waals surface area contributed by atoms with Gasteiger partial charge in [-0.15, -0.1) is 0 Å². The second-order valence-electron chi connectivity index (χ2n) is 5.47. The van der Waals surface area contributed by atoms with Crippen molar-refractivity contribution in [2.24, 2.45) is 0 Å². The van der Waals surface area contributed by atoms with Crippen LogP contribution in [0.1, 0.15) is 16.1 Å². The quantitative estimate of drug-likeness (QED) is 0.709. The molecule has 0 atom stereocenters. The van der Waals surface area contributed by atoms with Crippen LogP contribution in [0.25, 0.3) is 22.8 Å². The third-order valence-electron chi connectivity index (χ3n) is 3.91. The molecule has 3 heterocycles. The lowest BCUT2D eigenvalue weighted by molar-refractivity contribution is 0.0946. The predicted molar refractivity (Wildman–Crippen MR) is 90.9 cm³/mol. The zero-order chi connectivity index (χ0) is 16.7. The molecule has 0 unspecified atom stereocenters. The summed E-state index contributed by atoms with van der Waals surface area (Å²) in [6, 6.07) is 7.95. The number of amides is 1. The Morgan fingerprint density at radius 2 is 2.04 bits per heavy atom. The molecule has 0 radical (unpaired) electrons. The van der Waals surface area contributed by atoms with E-state index in [1.165, 1.54) is 12.1 Å². The van der Waals surface area contributed by atoms with Crippen LogP contribution >= 0.6 is 15.9 Å². The van der Waals surface area contributed by atoms with Gasteiger partial charge in [0.05, 0.1) is 17.0 Å². The van der Waals surface area contributed by atoms with E-state index in [4.69, 9.17) is 0 Å². The molecule has 2 N–H and O–H groups in total. The second kappa shape index (κ2) is 5.83. The SMILES string of the molecule is O=C1NCCc2[nH]c(-c3ccnc(-c4ccc(F)cc4Br)n3)cc21. The van der Waals surface area contributed by atoms with E-state index in [2.05, 4.69) is 36.2 Å². The van der Waals surface area contributed by atoms with Crippen molar-refractivity contribution in [3.63, 3.8) is 0 Å². The second-order valence-corrected chi connectivity index (χ2v) is 6.33. The van der Waals surface area contributed by atoms with Crippen LogP contribution in [0.4, 0.5) is 4.39 Å². The number of carbonyl (C=O) groups excluding carboxylic acids is 1. The van der Waals surface area contributed by atoms with Gasteiger partial charge >= 0.3 is 0 Å². The van der Waals surface area contributed by atoms with Crippen molar-refractivity contribution in [1.82, 2.24) is 20.3 Å². The van der Waals surface area contributed by atoms with Crippen LogP contribution < -0.4 is 5.32 Å². The van der Waals surface area contributed by atoms with E-state index < -0.39 is 0 Å². The minimum absolute atomic E-state index is 0.0747. The van der Waals surface area contributed by atoms with Crippen molar-refractivity contribution in [1.29, 1.82) is 0 Å². The summed E-state index contributed by atoms with van der Waals surface area (Å²) in [7, 11) is 0. The first kappa shape index (κ1) is 15.0. The van der Waals surface area contributed by atoms with Crippen LogP contribution in [0.15, 0.2) is 41.0 Å². The lowest BCUT2D eigenvalue weighted by atomic mass is 10.1. The molecule has 1 aliphatic rings. The standard InChI is InChI=1S/C17H12BrFN4O/c18-12-7-9(19)1-2-10(12)16-20-5-4-14(23-16)15-8-11-13(22-15)3-6-21-17(11)24/h1-2,4-5,7-8,22H,3,6H2,(H,21,24). The molecule has 3 aromatic rings. The summed E-state index contributed by atoms with van der Waals surface area (Å²) >= 11 is 3.34. The number of nitrogens with zero attached hydrogens (tertiary/aromatic N) is 2. The Balaban J connectivity index is 1.77. The summed E-state index contributed by atoms with van der Waals surface area (Å²) in [6.45, 7) is 0.628. The van der Waals surface area contributed by atoms with Gasteiger partial charge in [-0.2, -0.15) is 0 Å². The summed E-state index contributed by atoms with van der Waals surface area (Å²) in [4.78, 5) is 24.0.